The van der Waals surface area contributed by atoms with Crippen LogP contribution >= 0.6 is 11.3 Å². The lowest BCUT2D eigenvalue weighted by Gasteiger charge is -2.34. The summed E-state index contributed by atoms with van der Waals surface area (Å²) in [5, 5.41) is 11.9. The molecule has 4 heterocycles. The van der Waals surface area contributed by atoms with E-state index in [1.54, 1.807) is 6.07 Å². The first-order valence-corrected chi connectivity index (χ1v) is 15.7. The molecule has 2 aromatic heterocycles. The summed E-state index contributed by atoms with van der Waals surface area (Å²) in [4.78, 5) is 44.5. The number of likely N-dealkylation sites (tertiary alicyclic amines) is 1. The van der Waals surface area contributed by atoms with Crippen molar-refractivity contribution in [3.8, 4) is 17.0 Å². The summed E-state index contributed by atoms with van der Waals surface area (Å²) in [7, 11) is 1.20. The molecule has 1 aromatic carbocycles. The monoisotopic (exact) mass is 647 g/mol. The summed E-state index contributed by atoms with van der Waals surface area (Å²) in [6.07, 6.45) is 1.46. The number of benzene rings is 1. The number of nitrogens with zero attached hydrogens (tertiary/aromatic N) is 6. The number of ether oxygens (including phenoxy) is 1. The van der Waals surface area contributed by atoms with Crippen molar-refractivity contribution < 1.29 is 32.6 Å². The fraction of sp³-hybridized carbons (Fsp3) is 0.500. The van der Waals surface area contributed by atoms with Crippen molar-refractivity contribution in [2.45, 2.75) is 51.4 Å². The van der Waals surface area contributed by atoms with Crippen LogP contribution in [0.4, 0.5) is 24.1 Å². The SMILES string of the molecule is CCC1CCCN1Cc1sc(NC(=O)c2cnc(N3CCN(CCC(=O)O)CC3)cn2)nc1-c1ccc(OC)c(C(F)(F)F)c1. The summed E-state index contributed by atoms with van der Waals surface area (Å²) in [5.74, 6) is -1.02. The molecular formula is C30H36F3N7O4S. The van der Waals surface area contributed by atoms with Gasteiger partial charge in [-0.2, -0.15) is 13.2 Å². The van der Waals surface area contributed by atoms with Crippen molar-refractivity contribution in [2.75, 3.05) is 56.6 Å². The number of nitrogens with one attached hydrogen (secondary N) is 1. The van der Waals surface area contributed by atoms with Crippen LogP contribution in [0.15, 0.2) is 30.6 Å². The molecule has 0 aliphatic carbocycles. The van der Waals surface area contributed by atoms with Gasteiger partial charge in [-0.25, -0.2) is 15.0 Å². The molecule has 15 heteroatoms. The molecule has 11 nitrogen and oxygen atoms in total. The first-order chi connectivity index (χ1) is 21.5. The van der Waals surface area contributed by atoms with E-state index in [9.17, 15) is 22.8 Å². The third-order valence-electron chi connectivity index (χ3n) is 8.22. The minimum absolute atomic E-state index is 0.0755. The summed E-state index contributed by atoms with van der Waals surface area (Å²) >= 11 is 1.24. The molecule has 2 aliphatic heterocycles. The molecule has 2 saturated heterocycles. The Hall–Kier alpha value is -3.82. The zero-order chi connectivity index (χ0) is 32.1. The van der Waals surface area contributed by atoms with Crippen LogP contribution in [0.5, 0.6) is 5.75 Å². The van der Waals surface area contributed by atoms with Crippen molar-refractivity contribution in [3.63, 3.8) is 0 Å². The van der Waals surface area contributed by atoms with Crippen molar-refractivity contribution in [2.24, 2.45) is 0 Å². The lowest BCUT2D eigenvalue weighted by atomic mass is 10.1. The van der Waals surface area contributed by atoms with Gasteiger partial charge in [-0.15, -0.1) is 0 Å². The van der Waals surface area contributed by atoms with Crippen molar-refractivity contribution in [1.29, 1.82) is 0 Å². The number of alkyl halides is 3. The molecule has 0 radical (unpaired) electrons. The van der Waals surface area contributed by atoms with E-state index in [2.05, 4.69) is 37.0 Å². The summed E-state index contributed by atoms with van der Waals surface area (Å²) in [5.41, 5.74) is -0.147. The number of rotatable bonds is 11. The van der Waals surface area contributed by atoms with Gasteiger partial charge in [0.15, 0.2) is 5.13 Å². The number of carboxylic acids is 1. The fourth-order valence-electron chi connectivity index (χ4n) is 5.78. The molecule has 0 bridgehead atoms. The van der Waals surface area contributed by atoms with Crippen molar-refractivity contribution in [1.82, 2.24) is 24.8 Å². The number of methoxy groups -OCH3 is 1. The van der Waals surface area contributed by atoms with Gasteiger partial charge in [-0.3, -0.25) is 24.7 Å². The molecule has 2 aliphatic rings. The van der Waals surface area contributed by atoms with Crippen LogP contribution in [0, 0.1) is 0 Å². The number of hydrogen-bond acceptors (Lipinski definition) is 10. The first kappa shape index (κ1) is 32.6. The summed E-state index contributed by atoms with van der Waals surface area (Å²) in [6, 6.07) is 4.26. The third-order valence-corrected chi connectivity index (χ3v) is 9.18. The van der Waals surface area contributed by atoms with Crippen molar-refractivity contribution in [3.05, 3.63) is 46.7 Å². The number of carboxylic acid groups (broad SMARTS) is 1. The van der Waals surface area contributed by atoms with Crippen LogP contribution in [-0.4, -0.2) is 94.2 Å². The highest BCUT2D eigenvalue weighted by Crippen LogP contribution is 2.41. The van der Waals surface area contributed by atoms with Gasteiger partial charge in [-0.05, 0) is 44.0 Å². The Morgan fingerprint density at radius 2 is 1.91 bits per heavy atom. The molecule has 2 fully saturated rings. The minimum Gasteiger partial charge on any atom is -0.496 e. The number of halogens is 3. The Labute approximate surface area is 263 Å². The maximum Gasteiger partial charge on any atom is 0.419 e. The number of carbonyl (C=O) groups excluding carboxylic acids is 1. The van der Waals surface area contributed by atoms with Gasteiger partial charge in [0.1, 0.15) is 17.3 Å². The molecular weight excluding hydrogens is 611 g/mol. The van der Waals surface area contributed by atoms with Gasteiger partial charge in [0.25, 0.3) is 5.91 Å². The molecule has 45 heavy (non-hydrogen) atoms. The van der Waals surface area contributed by atoms with Gasteiger partial charge < -0.3 is 14.7 Å². The highest BCUT2D eigenvalue weighted by atomic mass is 32.1. The number of carbonyl (C=O) groups is 2. The second-order valence-electron chi connectivity index (χ2n) is 11.1. The second-order valence-corrected chi connectivity index (χ2v) is 12.1. The van der Waals surface area contributed by atoms with E-state index in [1.807, 2.05) is 4.90 Å². The Morgan fingerprint density at radius 1 is 1.13 bits per heavy atom. The van der Waals surface area contributed by atoms with Gasteiger partial charge in [0.2, 0.25) is 0 Å². The highest BCUT2D eigenvalue weighted by molar-refractivity contribution is 7.16. The van der Waals surface area contributed by atoms with Crippen LogP contribution in [-0.2, 0) is 17.5 Å². The average Bonchev–Trinajstić information content (AvgIpc) is 3.66. The number of amides is 1. The Morgan fingerprint density at radius 3 is 2.56 bits per heavy atom. The second kappa shape index (κ2) is 14.1. The Bertz CT molecular complexity index is 1490. The van der Waals surface area contributed by atoms with Crippen LogP contribution in [0.25, 0.3) is 11.3 Å². The number of thiazole rings is 1. The van der Waals surface area contributed by atoms with Crippen LogP contribution in [0.3, 0.4) is 0 Å². The maximum absolute atomic E-state index is 13.8. The molecule has 0 spiro atoms. The van der Waals surface area contributed by atoms with E-state index < -0.39 is 23.6 Å². The van der Waals surface area contributed by atoms with Crippen LogP contribution < -0.4 is 15.0 Å². The normalized spacial score (nSPS) is 17.9. The number of aromatic nitrogens is 3. The predicted molar refractivity (Wildman–Crippen MR) is 164 cm³/mol. The van der Waals surface area contributed by atoms with Crippen molar-refractivity contribution >= 4 is 34.2 Å². The number of anilines is 2. The van der Waals surface area contributed by atoms with E-state index in [4.69, 9.17) is 9.84 Å². The van der Waals surface area contributed by atoms with Gasteiger partial charge >= 0.3 is 12.1 Å². The molecule has 2 N–H and O–H groups in total. The van der Waals surface area contributed by atoms with E-state index in [0.717, 1.165) is 36.8 Å². The lowest BCUT2D eigenvalue weighted by Crippen LogP contribution is -2.47. The number of piperazine rings is 1. The van der Waals surface area contributed by atoms with E-state index >= 15 is 0 Å². The fourth-order valence-corrected chi connectivity index (χ4v) is 6.79. The van der Waals surface area contributed by atoms with E-state index in [0.29, 0.717) is 56.8 Å². The largest absolute Gasteiger partial charge is 0.496 e. The molecule has 3 aromatic rings. The minimum atomic E-state index is -4.62. The molecule has 1 atom stereocenters. The first-order valence-electron chi connectivity index (χ1n) is 14.9. The van der Waals surface area contributed by atoms with Crippen LogP contribution in [0.1, 0.15) is 53.5 Å². The van der Waals surface area contributed by atoms with Gasteiger partial charge in [-0.1, -0.05) is 18.3 Å². The number of hydrogen-bond donors (Lipinski definition) is 2. The third kappa shape index (κ3) is 7.89. The topological polar surface area (TPSA) is 124 Å². The predicted octanol–water partition coefficient (Wildman–Crippen LogP) is 4.85. The number of aliphatic carboxylic acids is 1. The summed E-state index contributed by atoms with van der Waals surface area (Å²) < 4.78 is 46.5. The molecule has 1 amide bonds. The average molecular weight is 648 g/mol. The zero-order valence-electron chi connectivity index (χ0n) is 25.1. The molecule has 0 saturated carbocycles. The molecule has 5 rings (SSSR count). The van der Waals surface area contributed by atoms with E-state index in [-0.39, 0.29) is 28.6 Å². The van der Waals surface area contributed by atoms with Gasteiger partial charge in [0.05, 0.1) is 37.2 Å². The Kier molecular flexibility index (Phi) is 10.2. The molecule has 1 unspecified atom stereocenters. The zero-order valence-corrected chi connectivity index (χ0v) is 26.0. The standard InChI is InChI=1S/C30H36F3N7O4S/c1-3-20-5-4-9-40(20)18-24-27(19-6-7-23(44-2)21(15-19)30(31,32)33)36-29(45-24)37-28(43)22-16-35-25(17-34-22)39-13-11-38(12-14-39)10-8-26(41)42/h6-7,15-17,20H,3-5,8-14,18H2,1-2H3,(H,41,42)(H,36,37,43). The maximum atomic E-state index is 13.8. The van der Waals surface area contributed by atoms with Crippen LogP contribution in [0.2, 0.25) is 0 Å². The lowest BCUT2D eigenvalue weighted by molar-refractivity contribution is -0.139. The smallest absolute Gasteiger partial charge is 0.419 e. The van der Waals surface area contributed by atoms with E-state index in [1.165, 1.54) is 36.9 Å². The quantitative estimate of drug-likeness (QED) is 0.299. The van der Waals surface area contributed by atoms with Gasteiger partial charge in [0, 0.05) is 55.8 Å². The highest BCUT2D eigenvalue weighted by Gasteiger charge is 2.35. The summed E-state index contributed by atoms with van der Waals surface area (Å²) in [6.45, 7) is 6.70. The molecule has 242 valence electrons. The Balaban J connectivity index is 1.33.